The minimum Gasteiger partial charge on any atom is -0.491 e. The SMILES string of the molecule is CO[C@H]1CN(C)C(=O)c2ccc(NC(=O)Nc3ccc(Cl)cc3)cc2OC[C@@H](C)N(C)C[C@H]1C. The Morgan fingerprint density at radius 3 is 2.38 bits per heavy atom. The number of carbonyl (C=O) groups is 2. The van der Waals surface area contributed by atoms with Crippen molar-refractivity contribution >= 4 is 34.9 Å². The molecule has 0 radical (unpaired) electrons. The number of anilines is 2. The highest BCUT2D eigenvalue weighted by molar-refractivity contribution is 6.30. The fraction of sp³-hybridized carbons (Fsp3) is 0.440. The second kappa shape index (κ2) is 11.6. The van der Waals surface area contributed by atoms with E-state index in [1.165, 1.54) is 0 Å². The predicted octanol–water partition coefficient (Wildman–Crippen LogP) is 4.42. The maximum absolute atomic E-state index is 13.2. The number of nitrogens with one attached hydrogen (secondary N) is 2. The first-order valence-electron chi connectivity index (χ1n) is 11.3. The molecule has 3 rings (SSSR count). The van der Waals surface area contributed by atoms with Crippen molar-refractivity contribution in [2.75, 3.05) is 51.5 Å². The average molecular weight is 489 g/mol. The standard InChI is InChI=1S/C25H33ClN4O4/c1-16-13-29(3)17(2)15-34-22-12-20(28-25(32)27-19-8-6-18(26)7-9-19)10-11-21(22)24(31)30(4)14-23(16)33-5/h6-12,16-17,23H,13-15H2,1-5H3,(H2,27,28,32)/t16-,17-,23+/m1/s1. The Morgan fingerprint density at radius 2 is 1.71 bits per heavy atom. The number of amides is 3. The van der Waals surface area contributed by atoms with Gasteiger partial charge in [-0.1, -0.05) is 18.5 Å². The van der Waals surface area contributed by atoms with E-state index in [0.717, 1.165) is 6.54 Å². The maximum atomic E-state index is 13.2. The van der Waals surface area contributed by atoms with Gasteiger partial charge in [-0.15, -0.1) is 0 Å². The Bertz CT molecular complexity index is 1000. The van der Waals surface area contributed by atoms with Gasteiger partial charge in [0.1, 0.15) is 12.4 Å². The van der Waals surface area contributed by atoms with Gasteiger partial charge in [0.2, 0.25) is 0 Å². The van der Waals surface area contributed by atoms with Crippen LogP contribution in [0.4, 0.5) is 16.2 Å². The monoisotopic (exact) mass is 488 g/mol. The van der Waals surface area contributed by atoms with E-state index in [0.29, 0.717) is 40.9 Å². The predicted molar refractivity (Wildman–Crippen MR) is 135 cm³/mol. The summed E-state index contributed by atoms with van der Waals surface area (Å²) in [5.41, 5.74) is 1.56. The third-order valence-electron chi connectivity index (χ3n) is 6.12. The lowest BCUT2D eigenvalue weighted by atomic mass is 10.0. The fourth-order valence-electron chi connectivity index (χ4n) is 3.86. The van der Waals surface area contributed by atoms with Gasteiger partial charge in [-0.05, 0) is 56.3 Å². The lowest BCUT2D eigenvalue weighted by molar-refractivity contribution is 0.0150. The van der Waals surface area contributed by atoms with Crippen molar-refractivity contribution in [2.24, 2.45) is 5.92 Å². The van der Waals surface area contributed by atoms with Crippen molar-refractivity contribution in [3.8, 4) is 5.75 Å². The Hall–Kier alpha value is -2.81. The van der Waals surface area contributed by atoms with E-state index in [1.54, 1.807) is 61.5 Å². The van der Waals surface area contributed by atoms with E-state index in [4.69, 9.17) is 21.1 Å². The fourth-order valence-corrected chi connectivity index (χ4v) is 3.98. The van der Waals surface area contributed by atoms with Crippen molar-refractivity contribution in [3.05, 3.63) is 53.1 Å². The highest BCUT2D eigenvalue weighted by Gasteiger charge is 2.27. The number of benzene rings is 2. The summed E-state index contributed by atoms with van der Waals surface area (Å²) in [6.07, 6.45) is -0.0927. The van der Waals surface area contributed by atoms with Crippen LogP contribution in [0.15, 0.2) is 42.5 Å². The number of hydrogen-bond donors (Lipinski definition) is 2. The molecule has 0 unspecified atom stereocenters. The number of rotatable bonds is 3. The zero-order chi connectivity index (χ0) is 24.8. The van der Waals surface area contributed by atoms with E-state index >= 15 is 0 Å². The van der Waals surface area contributed by atoms with Gasteiger partial charge in [-0.3, -0.25) is 9.69 Å². The first kappa shape index (κ1) is 25.8. The third kappa shape index (κ3) is 6.62. The zero-order valence-corrected chi connectivity index (χ0v) is 21.1. The van der Waals surface area contributed by atoms with Gasteiger partial charge in [0.25, 0.3) is 5.91 Å². The summed E-state index contributed by atoms with van der Waals surface area (Å²) in [5.74, 6) is 0.490. The molecule has 184 valence electrons. The summed E-state index contributed by atoms with van der Waals surface area (Å²) >= 11 is 5.89. The number of urea groups is 1. The molecule has 3 atom stereocenters. The van der Waals surface area contributed by atoms with Crippen LogP contribution in [0.25, 0.3) is 0 Å². The Balaban J connectivity index is 1.82. The largest absolute Gasteiger partial charge is 0.491 e. The molecule has 1 heterocycles. The molecule has 1 aliphatic rings. The van der Waals surface area contributed by atoms with Gasteiger partial charge in [-0.25, -0.2) is 4.79 Å². The molecule has 34 heavy (non-hydrogen) atoms. The van der Waals surface area contributed by atoms with Gasteiger partial charge in [-0.2, -0.15) is 0 Å². The van der Waals surface area contributed by atoms with Crippen molar-refractivity contribution in [1.82, 2.24) is 9.80 Å². The summed E-state index contributed by atoms with van der Waals surface area (Å²) in [7, 11) is 5.49. The van der Waals surface area contributed by atoms with Crippen molar-refractivity contribution in [3.63, 3.8) is 0 Å². The summed E-state index contributed by atoms with van der Waals surface area (Å²) < 4.78 is 11.8. The summed E-state index contributed by atoms with van der Waals surface area (Å²) in [6, 6.07) is 11.6. The van der Waals surface area contributed by atoms with Crippen LogP contribution in [0.2, 0.25) is 5.02 Å². The number of nitrogens with zero attached hydrogens (tertiary/aromatic N) is 2. The van der Waals surface area contributed by atoms with Gasteiger partial charge in [0.05, 0.1) is 11.7 Å². The zero-order valence-electron chi connectivity index (χ0n) is 20.3. The van der Waals surface area contributed by atoms with Crippen molar-refractivity contribution in [1.29, 1.82) is 0 Å². The normalized spacial score (nSPS) is 22.1. The average Bonchev–Trinajstić information content (AvgIpc) is 2.81. The Labute approximate surface area is 206 Å². The molecule has 3 amide bonds. The van der Waals surface area contributed by atoms with Crippen LogP contribution in [0, 0.1) is 5.92 Å². The van der Waals surface area contributed by atoms with E-state index in [1.807, 2.05) is 0 Å². The van der Waals surface area contributed by atoms with Gasteiger partial charge in [0.15, 0.2) is 0 Å². The molecule has 2 N–H and O–H groups in total. The van der Waals surface area contributed by atoms with Gasteiger partial charge >= 0.3 is 6.03 Å². The highest BCUT2D eigenvalue weighted by Crippen LogP contribution is 2.27. The van der Waals surface area contributed by atoms with E-state index in [2.05, 4.69) is 36.4 Å². The van der Waals surface area contributed by atoms with Crippen LogP contribution in [-0.4, -0.2) is 74.8 Å². The first-order chi connectivity index (χ1) is 16.2. The summed E-state index contributed by atoms with van der Waals surface area (Å²) in [6.45, 7) is 5.87. The highest BCUT2D eigenvalue weighted by atomic mass is 35.5. The molecule has 0 spiro atoms. The lowest BCUT2D eigenvalue weighted by Crippen LogP contribution is -2.45. The van der Waals surface area contributed by atoms with Gasteiger partial charge < -0.3 is 25.0 Å². The number of ether oxygens (including phenoxy) is 2. The molecule has 0 bridgehead atoms. The molecular weight excluding hydrogens is 456 g/mol. The van der Waals surface area contributed by atoms with Crippen LogP contribution in [0.1, 0.15) is 24.2 Å². The molecule has 8 nitrogen and oxygen atoms in total. The minimum atomic E-state index is -0.413. The first-order valence-corrected chi connectivity index (χ1v) is 11.6. The molecule has 9 heteroatoms. The lowest BCUT2D eigenvalue weighted by Gasteiger charge is -2.34. The summed E-state index contributed by atoms with van der Waals surface area (Å²) in [5, 5.41) is 6.13. The van der Waals surface area contributed by atoms with Crippen molar-refractivity contribution in [2.45, 2.75) is 26.0 Å². The third-order valence-corrected chi connectivity index (χ3v) is 6.37. The number of carbonyl (C=O) groups excluding carboxylic acids is 2. The number of methoxy groups -OCH3 is 1. The quantitative estimate of drug-likeness (QED) is 0.668. The van der Waals surface area contributed by atoms with E-state index in [9.17, 15) is 9.59 Å². The Kier molecular flexibility index (Phi) is 8.77. The molecule has 0 saturated heterocycles. The van der Waals surface area contributed by atoms with Crippen LogP contribution < -0.4 is 15.4 Å². The minimum absolute atomic E-state index is 0.0927. The number of likely N-dealkylation sites (N-methyl/N-ethyl adjacent to an activating group) is 2. The molecule has 0 aromatic heterocycles. The second-order valence-electron chi connectivity index (χ2n) is 8.83. The molecular formula is C25H33ClN4O4. The molecule has 2 aromatic rings. The molecule has 0 aliphatic carbocycles. The van der Waals surface area contributed by atoms with E-state index < -0.39 is 6.03 Å². The molecule has 0 fully saturated rings. The molecule has 0 saturated carbocycles. The van der Waals surface area contributed by atoms with E-state index in [-0.39, 0.29) is 24.0 Å². The van der Waals surface area contributed by atoms with Crippen LogP contribution in [0.5, 0.6) is 5.75 Å². The second-order valence-corrected chi connectivity index (χ2v) is 9.27. The van der Waals surface area contributed by atoms with Crippen LogP contribution >= 0.6 is 11.6 Å². The van der Waals surface area contributed by atoms with Gasteiger partial charge in [0, 0.05) is 55.8 Å². The Morgan fingerprint density at radius 1 is 1.06 bits per heavy atom. The molecule has 1 aliphatic heterocycles. The number of halogens is 1. The smallest absolute Gasteiger partial charge is 0.323 e. The maximum Gasteiger partial charge on any atom is 0.323 e. The van der Waals surface area contributed by atoms with Crippen LogP contribution in [-0.2, 0) is 4.74 Å². The van der Waals surface area contributed by atoms with Crippen LogP contribution in [0.3, 0.4) is 0 Å². The molecule has 2 aromatic carbocycles. The van der Waals surface area contributed by atoms with Crippen molar-refractivity contribution < 1.29 is 19.1 Å². The topological polar surface area (TPSA) is 83.1 Å². The summed E-state index contributed by atoms with van der Waals surface area (Å²) in [4.78, 5) is 29.6. The number of fused-ring (bicyclic) bond motifs is 1. The number of hydrogen-bond acceptors (Lipinski definition) is 5.